The van der Waals surface area contributed by atoms with Crippen LogP contribution in [-0.4, -0.2) is 11.5 Å². The van der Waals surface area contributed by atoms with Crippen molar-refractivity contribution in [3.05, 3.63) is 88.6 Å². The van der Waals surface area contributed by atoms with Gasteiger partial charge in [0.25, 0.3) is 0 Å². The molecule has 4 rings (SSSR count). The van der Waals surface area contributed by atoms with Gasteiger partial charge in [-0.05, 0) is 66.6 Å². The van der Waals surface area contributed by atoms with Crippen molar-refractivity contribution < 1.29 is 8.78 Å². The number of fused-ring (bicyclic) bond motifs is 1. The molecule has 1 aliphatic rings. The Bertz CT molecular complexity index is 1030. The molecule has 1 unspecified atom stereocenters. The smallest absolute Gasteiger partial charge is 0.159 e. The molecule has 0 radical (unpaired) electrons. The van der Waals surface area contributed by atoms with Crippen LogP contribution in [-0.2, 0) is 19.4 Å². The lowest BCUT2D eigenvalue weighted by Crippen LogP contribution is -2.30. The number of benzene rings is 2. The highest BCUT2D eigenvalue weighted by molar-refractivity contribution is 5.71. The number of anilines is 2. The van der Waals surface area contributed by atoms with E-state index in [4.69, 9.17) is 0 Å². The lowest BCUT2D eigenvalue weighted by atomic mass is 10.0. The summed E-state index contributed by atoms with van der Waals surface area (Å²) in [6.07, 6.45) is 6.09. The molecule has 0 bridgehead atoms. The van der Waals surface area contributed by atoms with Crippen molar-refractivity contribution in [2.45, 2.75) is 52.1 Å². The standard InChI is InChI=1S/C26H29F2N3/c1-3-5-19-7-10-21(11-8-19)18(2)30-26-25-22(13-14-29-26)6-4-15-31(25)17-20-9-12-23(27)24(28)16-20/h7-14,16,18H,3-6,15,17H2,1-2H3,(H,29,30). The fourth-order valence-corrected chi connectivity index (χ4v) is 4.29. The van der Waals surface area contributed by atoms with Gasteiger partial charge in [0.15, 0.2) is 11.6 Å². The maximum absolute atomic E-state index is 13.7. The molecule has 162 valence electrons. The zero-order chi connectivity index (χ0) is 21.8. The van der Waals surface area contributed by atoms with Crippen molar-refractivity contribution in [3.8, 4) is 0 Å². The summed E-state index contributed by atoms with van der Waals surface area (Å²) in [5.74, 6) is -0.782. The van der Waals surface area contributed by atoms with Gasteiger partial charge in [-0.3, -0.25) is 0 Å². The Morgan fingerprint density at radius 3 is 2.55 bits per heavy atom. The normalized spacial score (nSPS) is 14.3. The zero-order valence-electron chi connectivity index (χ0n) is 18.2. The number of nitrogens with one attached hydrogen (secondary N) is 1. The summed E-state index contributed by atoms with van der Waals surface area (Å²) in [6, 6.07) is 15.0. The lowest BCUT2D eigenvalue weighted by molar-refractivity contribution is 0.506. The van der Waals surface area contributed by atoms with E-state index in [2.05, 4.69) is 59.4 Å². The fourth-order valence-electron chi connectivity index (χ4n) is 4.29. The minimum absolute atomic E-state index is 0.0988. The van der Waals surface area contributed by atoms with Crippen molar-refractivity contribution in [2.24, 2.45) is 0 Å². The van der Waals surface area contributed by atoms with Gasteiger partial charge in [-0.25, -0.2) is 13.8 Å². The maximum Gasteiger partial charge on any atom is 0.159 e. The van der Waals surface area contributed by atoms with Crippen LogP contribution < -0.4 is 10.2 Å². The largest absolute Gasteiger partial charge is 0.364 e. The molecule has 3 aromatic rings. The van der Waals surface area contributed by atoms with Gasteiger partial charge >= 0.3 is 0 Å². The van der Waals surface area contributed by atoms with Crippen molar-refractivity contribution in [2.75, 3.05) is 16.8 Å². The Hall–Kier alpha value is -2.95. The first-order chi connectivity index (χ1) is 15.0. The molecule has 0 fully saturated rings. The average molecular weight is 422 g/mol. The molecule has 0 saturated carbocycles. The van der Waals surface area contributed by atoms with Crippen LogP contribution in [0.5, 0.6) is 0 Å². The zero-order valence-corrected chi connectivity index (χ0v) is 18.2. The van der Waals surface area contributed by atoms with Gasteiger partial charge in [0, 0.05) is 19.3 Å². The Balaban J connectivity index is 1.57. The summed E-state index contributed by atoms with van der Waals surface area (Å²) in [6.45, 7) is 5.70. The van der Waals surface area contributed by atoms with Gasteiger partial charge in [0.1, 0.15) is 5.82 Å². The Kier molecular flexibility index (Phi) is 6.50. The van der Waals surface area contributed by atoms with Gasteiger partial charge in [-0.2, -0.15) is 0 Å². The van der Waals surface area contributed by atoms with Crippen LogP contribution >= 0.6 is 0 Å². The summed E-state index contributed by atoms with van der Waals surface area (Å²) in [5.41, 5.74) is 5.61. The third-order valence-corrected chi connectivity index (χ3v) is 5.93. The van der Waals surface area contributed by atoms with Gasteiger partial charge in [0.05, 0.1) is 11.7 Å². The van der Waals surface area contributed by atoms with Crippen molar-refractivity contribution in [3.63, 3.8) is 0 Å². The van der Waals surface area contributed by atoms with Crippen molar-refractivity contribution >= 4 is 11.5 Å². The summed E-state index contributed by atoms with van der Waals surface area (Å²) < 4.78 is 27.1. The summed E-state index contributed by atoms with van der Waals surface area (Å²) >= 11 is 0. The minimum Gasteiger partial charge on any atom is -0.364 e. The first-order valence-electron chi connectivity index (χ1n) is 11.1. The number of rotatable bonds is 7. The Morgan fingerprint density at radius 2 is 1.81 bits per heavy atom. The molecule has 0 amide bonds. The van der Waals surface area contributed by atoms with Crippen LogP contribution in [0.25, 0.3) is 0 Å². The number of hydrogen-bond donors (Lipinski definition) is 1. The maximum atomic E-state index is 13.7. The molecule has 0 aliphatic carbocycles. The average Bonchev–Trinajstić information content (AvgIpc) is 2.77. The van der Waals surface area contributed by atoms with E-state index in [-0.39, 0.29) is 6.04 Å². The van der Waals surface area contributed by atoms with E-state index in [1.165, 1.54) is 28.8 Å². The quantitative estimate of drug-likeness (QED) is 0.476. The molecular formula is C26H29F2N3. The molecule has 1 atom stereocenters. The van der Waals surface area contributed by atoms with Gasteiger partial charge in [0.2, 0.25) is 0 Å². The predicted molar refractivity (Wildman–Crippen MR) is 122 cm³/mol. The second kappa shape index (κ2) is 9.46. The second-order valence-electron chi connectivity index (χ2n) is 8.30. The van der Waals surface area contributed by atoms with Crippen molar-refractivity contribution in [1.29, 1.82) is 0 Å². The van der Waals surface area contributed by atoms with E-state index >= 15 is 0 Å². The molecule has 1 aliphatic heterocycles. The molecule has 0 saturated heterocycles. The molecule has 2 aromatic carbocycles. The molecule has 5 heteroatoms. The number of aromatic nitrogens is 1. The highest BCUT2D eigenvalue weighted by Gasteiger charge is 2.23. The van der Waals surface area contributed by atoms with E-state index in [1.807, 2.05) is 6.20 Å². The number of halogens is 2. The number of pyridine rings is 1. The molecular weight excluding hydrogens is 392 g/mol. The summed E-state index contributed by atoms with van der Waals surface area (Å²) in [4.78, 5) is 6.86. The van der Waals surface area contributed by atoms with Crippen LogP contribution in [0.1, 0.15) is 55.0 Å². The molecule has 0 spiro atoms. The van der Waals surface area contributed by atoms with Crippen molar-refractivity contribution in [1.82, 2.24) is 4.98 Å². The molecule has 1 aromatic heterocycles. The van der Waals surface area contributed by atoms with Gasteiger partial charge in [-0.1, -0.05) is 43.7 Å². The summed E-state index contributed by atoms with van der Waals surface area (Å²) in [5, 5.41) is 3.59. The molecule has 31 heavy (non-hydrogen) atoms. The molecule has 1 N–H and O–H groups in total. The molecule has 2 heterocycles. The van der Waals surface area contributed by atoms with E-state index < -0.39 is 11.6 Å². The van der Waals surface area contributed by atoms with E-state index in [1.54, 1.807) is 6.07 Å². The van der Waals surface area contributed by atoms with E-state index in [0.717, 1.165) is 49.3 Å². The lowest BCUT2D eigenvalue weighted by Gasteiger charge is -2.33. The topological polar surface area (TPSA) is 28.2 Å². The van der Waals surface area contributed by atoms with E-state index in [0.29, 0.717) is 6.54 Å². The van der Waals surface area contributed by atoms with E-state index in [9.17, 15) is 8.78 Å². The number of nitrogens with zero attached hydrogens (tertiary/aromatic N) is 2. The van der Waals surface area contributed by atoms with Crippen LogP contribution in [0.2, 0.25) is 0 Å². The Morgan fingerprint density at radius 1 is 1.03 bits per heavy atom. The van der Waals surface area contributed by atoms with Crippen LogP contribution in [0.15, 0.2) is 54.7 Å². The summed E-state index contributed by atoms with van der Waals surface area (Å²) in [7, 11) is 0. The molecule has 3 nitrogen and oxygen atoms in total. The third-order valence-electron chi connectivity index (χ3n) is 5.93. The minimum atomic E-state index is -0.814. The predicted octanol–water partition coefficient (Wildman–Crippen LogP) is 6.44. The van der Waals surface area contributed by atoms with Crippen LogP contribution in [0.3, 0.4) is 0 Å². The first kappa shape index (κ1) is 21.3. The SMILES string of the molecule is CCCc1ccc(C(C)Nc2nccc3c2N(Cc2ccc(F)c(F)c2)CCC3)cc1. The monoisotopic (exact) mass is 421 g/mol. The van der Waals surface area contributed by atoms with Gasteiger partial charge < -0.3 is 10.2 Å². The fraction of sp³-hybridized carbons (Fsp3) is 0.346. The highest BCUT2D eigenvalue weighted by Crippen LogP contribution is 2.36. The van der Waals surface area contributed by atoms with Crippen LogP contribution in [0, 0.1) is 11.6 Å². The van der Waals surface area contributed by atoms with Gasteiger partial charge in [-0.15, -0.1) is 0 Å². The number of hydrogen-bond acceptors (Lipinski definition) is 3. The highest BCUT2D eigenvalue weighted by atomic mass is 19.2. The van der Waals surface area contributed by atoms with Crippen LogP contribution in [0.4, 0.5) is 20.3 Å². The Labute approximate surface area is 183 Å². The second-order valence-corrected chi connectivity index (χ2v) is 8.30. The number of aryl methyl sites for hydroxylation is 2. The first-order valence-corrected chi connectivity index (χ1v) is 11.1. The third kappa shape index (κ3) is 4.87.